The van der Waals surface area contributed by atoms with Gasteiger partial charge in [-0.1, -0.05) is 11.8 Å². The molecule has 0 saturated heterocycles. The summed E-state index contributed by atoms with van der Waals surface area (Å²) in [7, 11) is 1.55. The van der Waals surface area contributed by atoms with Crippen molar-refractivity contribution in [2.75, 3.05) is 12.8 Å². The van der Waals surface area contributed by atoms with Gasteiger partial charge in [0.1, 0.15) is 5.69 Å². The summed E-state index contributed by atoms with van der Waals surface area (Å²) >= 11 is 1.13. The first-order valence-corrected chi connectivity index (χ1v) is 4.89. The fraction of sp³-hybridized carbons (Fsp3) is 0.429. The molecule has 1 aromatic rings. The SMILES string of the molecule is CNC(=O)CSc1nnc(C)c(=O)[nH]1. The average molecular weight is 214 g/mol. The van der Waals surface area contributed by atoms with Crippen LogP contribution < -0.4 is 10.9 Å². The molecular weight excluding hydrogens is 204 g/mol. The van der Waals surface area contributed by atoms with Crippen molar-refractivity contribution in [3.05, 3.63) is 16.0 Å². The third-order valence-electron chi connectivity index (χ3n) is 1.46. The summed E-state index contributed by atoms with van der Waals surface area (Å²) in [6.45, 7) is 1.57. The molecule has 0 atom stereocenters. The van der Waals surface area contributed by atoms with Crippen LogP contribution >= 0.6 is 11.8 Å². The molecule has 76 valence electrons. The lowest BCUT2D eigenvalue weighted by molar-refractivity contribution is -0.118. The molecule has 0 aromatic carbocycles. The Morgan fingerprint density at radius 2 is 2.29 bits per heavy atom. The Balaban J connectivity index is 2.65. The van der Waals surface area contributed by atoms with Gasteiger partial charge in [0, 0.05) is 7.05 Å². The minimum absolute atomic E-state index is 0.127. The smallest absolute Gasteiger partial charge is 0.273 e. The van der Waals surface area contributed by atoms with Gasteiger partial charge in [-0.15, -0.1) is 10.2 Å². The zero-order valence-electron chi connectivity index (χ0n) is 7.83. The van der Waals surface area contributed by atoms with Crippen molar-refractivity contribution < 1.29 is 4.79 Å². The fourth-order valence-electron chi connectivity index (χ4n) is 0.649. The molecule has 0 aliphatic heterocycles. The number of carbonyl (C=O) groups is 1. The molecular formula is C7H10N4O2S. The van der Waals surface area contributed by atoms with Crippen molar-refractivity contribution in [1.29, 1.82) is 0 Å². The van der Waals surface area contributed by atoms with Crippen molar-refractivity contribution in [1.82, 2.24) is 20.5 Å². The molecule has 1 aromatic heterocycles. The lowest BCUT2D eigenvalue weighted by Gasteiger charge is -1.98. The van der Waals surface area contributed by atoms with Crippen LogP contribution in [0.1, 0.15) is 5.69 Å². The number of thioether (sulfide) groups is 1. The molecule has 0 aliphatic rings. The summed E-state index contributed by atoms with van der Waals surface area (Å²) in [6.07, 6.45) is 0. The Bertz CT molecular complexity index is 390. The highest BCUT2D eigenvalue weighted by atomic mass is 32.2. The largest absolute Gasteiger partial charge is 0.358 e. The van der Waals surface area contributed by atoms with Gasteiger partial charge < -0.3 is 5.32 Å². The number of rotatable bonds is 3. The van der Waals surface area contributed by atoms with Crippen molar-refractivity contribution in [2.45, 2.75) is 12.1 Å². The van der Waals surface area contributed by atoms with Gasteiger partial charge in [-0.2, -0.15) is 0 Å². The summed E-state index contributed by atoms with van der Waals surface area (Å²) < 4.78 is 0. The normalized spacial score (nSPS) is 9.86. The highest BCUT2D eigenvalue weighted by Gasteiger charge is 2.03. The lowest BCUT2D eigenvalue weighted by atomic mass is 10.5. The van der Waals surface area contributed by atoms with E-state index in [1.54, 1.807) is 14.0 Å². The number of hydrogen-bond acceptors (Lipinski definition) is 5. The van der Waals surface area contributed by atoms with Crippen molar-refractivity contribution in [3.63, 3.8) is 0 Å². The van der Waals surface area contributed by atoms with Crippen LogP contribution in [0.2, 0.25) is 0 Å². The number of nitrogens with zero attached hydrogens (tertiary/aromatic N) is 2. The monoisotopic (exact) mass is 214 g/mol. The molecule has 7 heteroatoms. The van der Waals surface area contributed by atoms with Gasteiger partial charge in [0.15, 0.2) is 5.16 Å². The highest BCUT2D eigenvalue weighted by molar-refractivity contribution is 7.99. The van der Waals surface area contributed by atoms with Gasteiger partial charge in [0.05, 0.1) is 5.75 Å². The van der Waals surface area contributed by atoms with Gasteiger partial charge in [-0.05, 0) is 6.92 Å². The molecule has 0 spiro atoms. The Hall–Kier alpha value is -1.37. The van der Waals surface area contributed by atoms with Crippen LogP contribution in [0, 0.1) is 6.92 Å². The number of hydrogen-bond donors (Lipinski definition) is 2. The van der Waals surface area contributed by atoms with E-state index in [1.807, 2.05) is 0 Å². The molecule has 0 saturated carbocycles. The maximum absolute atomic E-state index is 11.1. The molecule has 14 heavy (non-hydrogen) atoms. The molecule has 0 fully saturated rings. The second-order valence-electron chi connectivity index (χ2n) is 2.51. The van der Waals surface area contributed by atoms with Gasteiger partial charge >= 0.3 is 0 Å². The molecule has 0 unspecified atom stereocenters. The second kappa shape index (κ2) is 4.75. The maximum atomic E-state index is 11.1. The van der Waals surface area contributed by atoms with E-state index in [2.05, 4.69) is 20.5 Å². The van der Waals surface area contributed by atoms with E-state index in [0.717, 1.165) is 11.8 Å². The molecule has 6 nitrogen and oxygen atoms in total. The van der Waals surface area contributed by atoms with Gasteiger partial charge in [0.25, 0.3) is 5.56 Å². The van der Waals surface area contributed by atoms with Gasteiger partial charge in [0.2, 0.25) is 5.91 Å². The molecule has 1 rings (SSSR count). The predicted octanol–water partition coefficient (Wildman–Crippen LogP) is -0.689. The summed E-state index contributed by atoms with van der Waals surface area (Å²) in [5, 5.41) is 10.2. The number of aromatic amines is 1. The maximum Gasteiger partial charge on any atom is 0.273 e. The Labute approximate surface area is 84.5 Å². The molecule has 0 radical (unpaired) electrons. The summed E-state index contributed by atoms with van der Waals surface area (Å²) in [6, 6.07) is 0. The molecule has 1 amide bonds. The van der Waals surface area contributed by atoms with Crippen LogP contribution in [-0.2, 0) is 4.79 Å². The first kappa shape index (κ1) is 10.7. The minimum Gasteiger partial charge on any atom is -0.358 e. The zero-order chi connectivity index (χ0) is 10.6. The van der Waals surface area contributed by atoms with E-state index >= 15 is 0 Å². The van der Waals surface area contributed by atoms with E-state index in [-0.39, 0.29) is 17.2 Å². The van der Waals surface area contributed by atoms with Gasteiger partial charge in [-0.25, -0.2) is 0 Å². The molecule has 1 heterocycles. The van der Waals surface area contributed by atoms with E-state index in [0.29, 0.717) is 10.9 Å². The summed E-state index contributed by atoms with van der Waals surface area (Å²) in [4.78, 5) is 24.5. The third-order valence-corrected chi connectivity index (χ3v) is 2.32. The van der Waals surface area contributed by atoms with Crippen LogP contribution in [0.5, 0.6) is 0 Å². The molecule has 2 N–H and O–H groups in total. The van der Waals surface area contributed by atoms with Crippen molar-refractivity contribution >= 4 is 17.7 Å². The number of aromatic nitrogens is 3. The minimum atomic E-state index is -0.278. The van der Waals surface area contributed by atoms with Crippen LogP contribution in [0.4, 0.5) is 0 Å². The number of amides is 1. The molecule has 0 aliphatic carbocycles. The number of H-pyrrole nitrogens is 1. The first-order valence-electron chi connectivity index (χ1n) is 3.90. The average Bonchev–Trinajstić information content (AvgIpc) is 2.19. The first-order chi connectivity index (χ1) is 6.63. The Kier molecular flexibility index (Phi) is 3.63. The van der Waals surface area contributed by atoms with E-state index in [4.69, 9.17) is 0 Å². The highest BCUT2D eigenvalue weighted by Crippen LogP contribution is 2.08. The van der Waals surface area contributed by atoms with Crippen LogP contribution in [0.15, 0.2) is 9.95 Å². The van der Waals surface area contributed by atoms with Crippen LogP contribution in [-0.4, -0.2) is 33.9 Å². The van der Waals surface area contributed by atoms with E-state index < -0.39 is 0 Å². The number of nitrogens with one attached hydrogen (secondary N) is 2. The van der Waals surface area contributed by atoms with E-state index in [1.165, 1.54) is 0 Å². The molecule has 0 bridgehead atoms. The predicted molar refractivity (Wildman–Crippen MR) is 52.2 cm³/mol. The Morgan fingerprint density at radius 1 is 1.57 bits per heavy atom. The standard InChI is InChI=1S/C7H10N4O2S/c1-4-6(13)9-7(11-10-4)14-3-5(12)8-2/h3H2,1-2H3,(H,8,12)(H,9,11,13). The Morgan fingerprint density at radius 3 is 2.86 bits per heavy atom. The zero-order valence-corrected chi connectivity index (χ0v) is 8.64. The van der Waals surface area contributed by atoms with Gasteiger partial charge in [-0.3, -0.25) is 14.6 Å². The quantitative estimate of drug-likeness (QED) is 0.650. The number of aryl methyl sites for hydroxylation is 1. The fourth-order valence-corrected chi connectivity index (χ4v) is 1.33. The summed E-state index contributed by atoms with van der Waals surface area (Å²) in [5.41, 5.74) is 0.0358. The van der Waals surface area contributed by atoms with Crippen LogP contribution in [0.3, 0.4) is 0 Å². The third kappa shape index (κ3) is 2.84. The lowest BCUT2D eigenvalue weighted by Crippen LogP contribution is -2.21. The van der Waals surface area contributed by atoms with Crippen molar-refractivity contribution in [2.24, 2.45) is 0 Å². The second-order valence-corrected chi connectivity index (χ2v) is 3.47. The topological polar surface area (TPSA) is 87.7 Å². The van der Waals surface area contributed by atoms with Crippen molar-refractivity contribution in [3.8, 4) is 0 Å². The van der Waals surface area contributed by atoms with Crippen LogP contribution in [0.25, 0.3) is 0 Å². The summed E-state index contributed by atoms with van der Waals surface area (Å²) in [5.74, 6) is 0.0858. The van der Waals surface area contributed by atoms with E-state index in [9.17, 15) is 9.59 Å². The number of carbonyl (C=O) groups excluding carboxylic acids is 1.